The molecule has 1 heterocycles. The Morgan fingerprint density at radius 2 is 1.67 bits per heavy atom. The van der Waals surface area contributed by atoms with Gasteiger partial charge in [0.15, 0.2) is 0 Å². The molecule has 0 aliphatic heterocycles. The van der Waals surface area contributed by atoms with E-state index in [4.69, 9.17) is 5.73 Å². The molecule has 4 N–H and O–H groups in total. The quantitative estimate of drug-likeness (QED) is 0.547. The average Bonchev–Trinajstić information content (AvgIpc) is 3.12. The predicted molar refractivity (Wildman–Crippen MR) is 107 cm³/mol. The van der Waals surface area contributed by atoms with Crippen molar-refractivity contribution in [1.82, 2.24) is 20.4 Å². The Kier molecular flexibility index (Phi) is 6.21. The van der Waals surface area contributed by atoms with E-state index >= 15 is 0 Å². The molecular weight excluding hydrogens is 389 g/mol. The smallest absolute Gasteiger partial charge is 0.255 e. The van der Waals surface area contributed by atoms with E-state index in [1.807, 2.05) is 0 Å². The van der Waals surface area contributed by atoms with Crippen molar-refractivity contribution in [2.45, 2.75) is 13.5 Å². The first-order valence-electron chi connectivity index (χ1n) is 9.09. The number of nitrogens with zero attached hydrogens (tertiary/aromatic N) is 2. The van der Waals surface area contributed by atoms with Crippen LogP contribution in [0.15, 0.2) is 54.7 Å². The lowest BCUT2D eigenvalue weighted by molar-refractivity contribution is -0.117. The van der Waals surface area contributed by atoms with Crippen LogP contribution in [0.3, 0.4) is 0 Å². The van der Waals surface area contributed by atoms with Gasteiger partial charge in [0.05, 0.1) is 29.7 Å². The number of primary amides is 1. The van der Waals surface area contributed by atoms with E-state index in [1.54, 1.807) is 48.0 Å². The third-order valence-electron chi connectivity index (χ3n) is 4.42. The summed E-state index contributed by atoms with van der Waals surface area (Å²) in [7, 11) is 0. The Hall–Kier alpha value is -4.01. The van der Waals surface area contributed by atoms with Crippen molar-refractivity contribution < 1.29 is 18.8 Å². The summed E-state index contributed by atoms with van der Waals surface area (Å²) in [6.07, 6.45) is 1.46. The summed E-state index contributed by atoms with van der Waals surface area (Å²) in [6, 6.07) is 12.4. The summed E-state index contributed by atoms with van der Waals surface area (Å²) < 4.78 is 14.7. The molecule has 1 aromatic heterocycles. The Balaban J connectivity index is 1.61. The zero-order valence-electron chi connectivity index (χ0n) is 16.2. The number of benzene rings is 2. The first-order valence-corrected chi connectivity index (χ1v) is 9.09. The number of carbonyl (C=O) groups is 3. The minimum Gasteiger partial charge on any atom is -0.368 e. The minimum absolute atomic E-state index is 0.235. The number of hydrogen-bond donors (Lipinski definition) is 3. The number of halogens is 1. The summed E-state index contributed by atoms with van der Waals surface area (Å²) in [5, 5.41) is 9.41. The van der Waals surface area contributed by atoms with Gasteiger partial charge in [0, 0.05) is 12.1 Å². The highest BCUT2D eigenvalue weighted by atomic mass is 19.1. The largest absolute Gasteiger partial charge is 0.368 e. The second kappa shape index (κ2) is 8.99. The van der Waals surface area contributed by atoms with Crippen molar-refractivity contribution in [3.8, 4) is 5.69 Å². The zero-order chi connectivity index (χ0) is 21.7. The van der Waals surface area contributed by atoms with Gasteiger partial charge in [-0.3, -0.25) is 14.4 Å². The lowest BCUT2D eigenvalue weighted by Gasteiger charge is -2.08. The van der Waals surface area contributed by atoms with E-state index in [0.29, 0.717) is 22.5 Å². The third kappa shape index (κ3) is 4.88. The molecular formula is C21H20FN5O3. The van der Waals surface area contributed by atoms with E-state index in [1.165, 1.54) is 18.3 Å². The molecule has 0 saturated carbocycles. The molecule has 2 aromatic carbocycles. The molecule has 0 radical (unpaired) electrons. The molecule has 3 aromatic rings. The second-order valence-corrected chi connectivity index (χ2v) is 6.56. The van der Waals surface area contributed by atoms with Crippen LogP contribution in [0.5, 0.6) is 0 Å². The van der Waals surface area contributed by atoms with Crippen LogP contribution in [0.25, 0.3) is 5.69 Å². The van der Waals surface area contributed by atoms with Gasteiger partial charge in [0.25, 0.3) is 11.8 Å². The van der Waals surface area contributed by atoms with Gasteiger partial charge in [-0.1, -0.05) is 12.1 Å². The number of rotatable bonds is 7. The lowest BCUT2D eigenvalue weighted by atomic mass is 10.1. The maximum Gasteiger partial charge on any atom is 0.255 e. The van der Waals surface area contributed by atoms with Crippen LogP contribution in [-0.4, -0.2) is 34.0 Å². The summed E-state index contributed by atoms with van der Waals surface area (Å²) in [4.78, 5) is 35.1. The molecule has 0 spiro atoms. The van der Waals surface area contributed by atoms with Crippen LogP contribution >= 0.6 is 0 Å². The third-order valence-corrected chi connectivity index (χ3v) is 4.42. The molecule has 154 valence electrons. The van der Waals surface area contributed by atoms with Crippen LogP contribution in [-0.2, 0) is 11.3 Å². The Morgan fingerprint density at radius 3 is 2.30 bits per heavy atom. The van der Waals surface area contributed by atoms with Crippen LogP contribution in [0, 0.1) is 12.7 Å². The Labute approximate surface area is 171 Å². The van der Waals surface area contributed by atoms with Crippen molar-refractivity contribution in [3.63, 3.8) is 0 Å². The normalized spacial score (nSPS) is 10.5. The molecule has 3 rings (SSSR count). The number of hydrogen-bond acceptors (Lipinski definition) is 4. The van der Waals surface area contributed by atoms with E-state index in [-0.39, 0.29) is 24.8 Å². The standard InChI is InChI=1S/C21H20FN5O3/c1-13-18(11-26-27(13)17-8-6-16(22)7-9-17)21(30)24-10-14-2-4-15(5-3-14)20(29)25-12-19(23)28/h2-9,11H,10,12H2,1H3,(H2,23,28)(H,24,30)(H,25,29). The van der Waals surface area contributed by atoms with Crippen LogP contribution < -0.4 is 16.4 Å². The Morgan fingerprint density at radius 1 is 1.00 bits per heavy atom. The molecule has 0 aliphatic rings. The monoisotopic (exact) mass is 409 g/mol. The van der Waals surface area contributed by atoms with Crippen molar-refractivity contribution in [3.05, 3.63) is 82.9 Å². The van der Waals surface area contributed by atoms with Gasteiger partial charge < -0.3 is 16.4 Å². The maximum absolute atomic E-state index is 13.1. The second-order valence-electron chi connectivity index (χ2n) is 6.56. The number of carbonyl (C=O) groups excluding carboxylic acids is 3. The molecule has 0 bridgehead atoms. The van der Waals surface area contributed by atoms with E-state index < -0.39 is 11.8 Å². The summed E-state index contributed by atoms with van der Waals surface area (Å²) in [5.41, 5.74) is 7.84. The van der Waals surface area contributed by atoms with Gasteiger partial charge in [-0.2, -0.15) is 5.10 Å². The highest BCUT2D eigenvalue weighted by Crippen LogP contribution is 2.15. The molecule has 9 heteroatoms. The van der Waals surface area contributed by atoms with Crippen LogP contribution in [0.1, 0.15) is 32.0 Å². The predicted octanol–water partition coefficient (Wildman–Crippen LogP) is 1.46. The summed E-state index contributed by atoms with van der Waals surface area (Å²) >= 11 is 0. The molecule has 3 amide bonds. The molecule has 0 unspecified atom stereocenters. The summed E-state index contributed by atoms with van der Waals surface area (Å²) in [6.45, 7) is 1.77. The topological polar surface area (TPSA) is 119 Å². The van der Waals surface area contributed by atoms with Gasteiger partial charge in [-0.25, -0.2) is 9.07 Å². The number of amides is 3. The average molecular weight is 409 g/mol. The fraction of sp³-hybridized carbons (Fsp3) is 0.143. The molecule has 30 heavy (non-hydrogen) atoms. The van der Waals surface area contributed by atoms with E-state index in [0.717, 1.165) is 5.56 Å². The van der Waals surface area contributed by atoms with Crippen molar-refractivity contribution >= 4 is 17.7 Å². The fourth-order valence-electron chi connectivity index (χ4n) is 2.80. The maximum atomic E-state index is 13.1. The first kappa shape index (κ1) is 20.7. The van der Waals surface area contributed by atoms with Gasteiger partial charge >= 0.3 is 0 Å². The van der Waals surface area contributed by atoms with Crippen molar-refractivity contribution in [2.24, 2.45) is 5.73 Å². The Bertz CT molecular complexity index is 1080. The highest BCUT2D eigenvalue weighted by molar-refractivity contribution is 5.96. The summed E-state index contributed by atoms with van der Waals surface area (Å²) in [5.74, 6) is -1.68. The fourth-order valence-corrected chi connectivity index (χ4v) is 2.80. The molecule has 0 aliphatic carbocycles. The van der Waals surface area contributed by atoms with E-state index in [2.05, 4.69) is 15.7 Å². The lowest BCUT2D eigenvalue weighted by Crippen LogP contribution is -2.33. The van der Waals surface area contributed by atoms with Gasteiger partial charge in [-0.05, 0) is 48.9 Å². The van der Waals surface area contributed by atoms with E-state index in [9.17, 15) is 18.8 Å². The van der Waals surface area contributed by atoms with Crippen LogP contribution in [0.2, 0.25) is 0 Å². The van der Waals surface area contributed by atoms with Crippen molar-refractivity contribution in [1.29, 1.82) is 0 Å². The van der Waals surface area contributed by atoms with Crippen LogP contribution in [0.4, 0.5) is 4.39 Å². The molecule has 0 atom stereocenters. The first-order chi connectivity index (χ1) is 14.3. The molecule has 0 fully saturated rings. The number of nitrogens with two attached hydrogens (primary N) is 1. The molecule has 0 saturated heterocycles. The van der Waals surface area contributed by atoms with Gasteiger partial charge in [0.2, 0.25) is 5.91 Å². The van der Waals surface area contributed by atoms with Crippen molar-refractivity contribution in [2.75, 3.05) is 6.54 Å². The number of aromatic nitrogens is 2. The highest BCUT2D eigenvalue weighted by Gasteiger charge is 2.15. The van der Waals surface area contributed by atoms with Gasteiger partial charge in [0.1, 0.15) is 5.82 Å². The SMILES string of the molecule is Cc1c(C(=O)NCc2ccc(C(=O)NCC(N)=O)cc2)cnn1-c1ccc(F)cc1. The minimum atomic E-state index is -0.624. The molecule has 8 nitrogen and oxygen atoms in total. The van der Waals surface area contributed by atoms with Gasteiger partial charge in [-0.15, -0.1) is 0 Å². The number of nitrogens with one attached hydrogen (secondary N) is 2. The zero-order valence-corrected chi connectivity index (χ0v) is 16.2.